The average Bonchev–Trinajstić information content (AvgIpc) is 3.29. The molecule has 7 nitrogen and oxygen atoms in total. The van der Waals surface area contributed by atoms with Gasteiger partial charge in [-0.3, -0.25) is 4.98 Å². The lowest BCUT2D eigenvalue weighted by atomic mass is 10.2. The second-order valence-electron chi connectivity index (χ2n) is 6.00. The Bertz CT molecular complexity index is 753. The van der Waals surface area contributed by atoms with Gasteiger partial charge in [-0.1, -0.05) is 6.07 Å². The summed E-state index contributed by atoms with van der Waals surface area (Å²) in [6, 6.07) is 9.23. The van der Waals surface area contributed by atoms with Crippen LogP contribution in [0, 0.1) is 0 Å². The molecular formula is C18H19N3O4. The van der Waals surface area contributed by atoms with Gasteiger partial charge in [-0.05, 0) is 29.8 Å². The molecule has 1 unspecified atom stereocenters. The Morgan fingerprint density at radius 2 is 2.08 bits per heavy atom. The van der Waals surface area contributed by atoms with Crippen molar-refractivity contribution in [1.29, 1.82) is 0 Å². The lowest BCUT2D eigenvalue weighted by Gasteiger charge is -2.18. The summed E-state index contributed by atoms with van der Waals surface area (Å²) in [7, 11) is 0. The number of aromatic nitrogens is 1. The zero-order valence-corrected chi connectivity index (χ0v) is 13.7. The van der Waals surface area contributed by atoms with Gasteiger partial charge in [-0.2, -0.15) is 0 Å². The SMILES string of the molecule is O=C(NCc1ccc2c(c1)OCO2)N1CCC(Oc2ccncc2)C1. The molecule has 1 N–H and O–H groups in total. The molecular weight excluding hydrogens is 322 g/mol. The van der Waals surface area contributed by atoms with Crippen LogP contribution in [-0.2, 0) is 6.54 Å². The van der Waals surface area contributed by atoms with Crippen molar-refractivity contribution in [2.45, 2.75) is 19.1 Å². The number of likely N-dealkylation sites (tertiary alicyclic amines) is 1. The summed E-state index contributed by atoms with van der Waals surface area (Å²) in [5, 5.41) is 2.94. The van der Waals surface area contributed by atoms with Gasteiger partial charge >= 0.3 is 6.03 Å². The van der Waals surface area contributed by atoms with E-state index in [1.807, 2.05) is 30.3 Å². The average molecular weight is 341 g/mol. The summed E-state index contributed by atoms with van der Waals surface area (Å²) in [5.41, 5.74) is 0.974. The molecule has 0 radical (unpaired) electrons. The summed E-state index contributed by atoms with van der Waals surface area (Å²) in [4.78, 5) is 18.1. The number of urea groups is 1. The van der Waals surface area contributed by atoms with E-state index in [0.717, 1.165) is 29.2 Å². The summed E-state index contributed by atoms with van der Waals surface area (Å²) in [6.45, 7) is 1.96. The first-order valence-corrected chi connectivity index (χ1v) is 8.26. The number of hydrogen-bond acceptors (Lipinski definition) is 5. The molecule has 0 bridgehead atoms. The quantitative estimate of drug-likeness (QED) is 0.923. The van der Waals surface area contributed by atoms with Crippen LogP contribution in [0.2, 0.25) is 0 Å². The first-order chi connectivity index (χ1) is 12.3. The highest BCUT2D eigenvalue weighted by Crippen LogP contribution is 2.32. The van der Waals surface area contributed by atoms with E-state index in [1.54, 1.807) is 17.3 Å². The van der Waals surface area contributed by atoms with Gasteiger partial charge in [0.2, 0.25) is 6.79 Å². The predicted octanol–water partition coefficient (Wildman–Crippen LogP) is 2.17. The maximum Gasteiger partial charge on any atom is 0.317 e. The number of ether oxygens (including phenoxy) is 3. The third-order valence-electron chi connectivity index (χ3n) is 4.27. The highest BCUT2D eigenvalue weighted by atomic mass is 16.7. The number of fused-ring (bicyclic) bond motifs is 1. The highest BCUT2D eigenvalue weighted by molar-refractivity contribution is 5.74. The van der Waals surface area contributed by atoms with E-state index < -0.39 is 0 Å². The number of hydrogen-bond donors (Lipinski definition) is 1. The smallest absolute Gasteiger partial charge is 0.317 e. The zero-order valence-electron chi connectivity index (χ0n) is 13.7. The summed E-state index contributed by atoms with van der Waals surface area (Å²) in [6.07, 6.45) is 4.22. The lowest BCUT2D eigenvalue weighted by molar-refractivity contribution is 0.174. The molecule has 1 atom stereocenters. The number of nitrogens with one attached hydrogen (secondary N) is 1. The van der Waals surface area contributed by atoms with Crippen LogP contribution in [-0.4, -0.2) is 41.9 Å². The highest BCUT2D eigenvalue weighted by Gasteiger charge is 2.27. The van der Waals surface area contributed by atoms with Crippen LogP contribution >= 0.6 is 0 Å². The molecule has 7 heteroatoms. The van der Waals surface area contributed by atoms with E-state index in [2.05, 4.69) is 10.3 Å². The van der Waals surface area contributed by atoms with Crippen molar-refractivity contribution >= 4 is 6.03 Å². The Labute approximate surface area is 145 Å². The van der Waals surface area contributed by atoms with Gasteiger partial charge in [0.1, 0.15) is 11.9 Å². The molecule has 2 aromatic rings. The number of rotatable bonds is 4. The molecule has 25 heavy (non-hydrogen) atoms. The molecule has 2 aliphatic rings. The molecule has 4 rings (SSSR count). The van der Waals surface area contributed by atoms with Gasteiger partial charge in [0.25, 0.3) is 0 Å². The largest absolute Gasteiger partial charge is 0.488 e. The molecule has 0 saturated carbocycles. The number of pyridine rings is 1. The van der Waals surface area contributed by atoms with Gasteiger partial charge in [0.05, 0.1) is 6.54 Å². The van der Waals surface area contributed by atoms with Gasteiger partial charge in [0.15, 0.2) is 11.5 Å². The van der Waals surface area contributed by atoms with E-state index in [4.69, 9.17) is 14.2 Å². The van der Waals surface area contributed by atoms with Crippen molar-refractivity contribution in [3.63, 3.8) is 0 Å². The Hall–Kier alpha value is -2.96. The number of carbonyl (C=O) groups is 1. The first-order valence-electron chi connectivity index (χ1n) is 8.26. The molecule has 0 spiro atoms. The lowest BCUT2D eigenvalue weighted by Crippen LogP contribution is -2.39. The molecule has 1 aromatic heterocycles. The monoisotopic (exact) mass is 341 g/mol. The van der Waals surface area contributed by atoms with E-state index in [1.165, 1.54) is 0 Å². The fourth-order valence-corrected chi connectivity index (χ4v) is 2.96. The minimum atomic E-state index is -0.0847. The number of amides is 2. The predicted molar refractivity (Wildman–Crippen MR) is 89.6 cm³/mol. The van der Waals surface area contributed by atoms with Gasteiger partial charge in [0, 0.05) is 31.9 Å². The third-order valence-corrected chi connectivity index (χ3v) is 4.27. The Morgan fingerprint density at radius 3 is 2.96 bits per heavy atom. The van der Waals surface area contributed by atoms with Crippen LogP contribution in [0.15, 0.2) is 42.7 Å². The molecule has 130 valence electrons. The minimum Gasteiger partial charge on any atom is -0.488 e. The van der Waals surface area contributed by atoms with Crippen LogP contribution < -0.4 is 19.5 Å². The Kier molecular flexibility index (Phi) is 4.28. The van der Waals surface area contributed by atoms with Gasteiger partial charge in [-0.25, -0.2) is 4.79 Å². The fraction of sp³-hybridized carbons (Fsp3) is 0.333. The molecule has 3 heterocycles. The number of carbonyl (C=O) groups excluding carboxylic acids is 1. The fourth-order valence-electron chi connectivity index (χ4n) is 2.96. The van der Waals surface area contributed by atoms with Crippen molar-refractivity contribution in [1.82, 2.24) is 15.2 Å². The van der Waals surface area contributed by atoms with E-state index >= 15 is 0 Å². The Morgan fingerprint density at radius 1 is 1.24 bits per heavy atom. The standard InChI is InChI=1S/C18H19N3O4/c22-18(20-10-13-1-2-16-17(9-13)24-12-23-16)21-8-5-15(11-21)25-14-3-6-19-7-4-14/h1-4,6-7,9,15H,5,8,10-12H2,(H,20,22). The minimum absolute atomic E-state index is 0.0127. The third kappa shape index (κ3) is 3.60. The topological polar surface area (TPSA) is 72.9 Å². The van der Waals surface area contributed by atoms with Crippen molar-refractivity contribution in [2.24, 2.45) is 0 Å². The summed E-state index contributed by atoms with van der Waals surface area (Å²) < 4.78 is 16.5. The van der Waals surface area contributed by atoms with Crippen LogP contribution in [0.25, 0.3) is 0 Å². The Balaban J connectivity index is 1.27. The first kappa shape index (κ1) is 15.6. The zero-order chi connectivity index (χ0) is 17.1. The number of benzene rings is 1. The number of nitrogens with zero attached hydrogens (tertiary/aromatic N) is 2. The van der Waals surface area contributed by atoms with Crippen molar-refractivity contribution in [3.8, 4) is 17.2 Å². The van der Waals surface area contributed by atoms with Crippen molar-refractivity contribution < 1.29 is 19.0 Å². The van der Waals surface area contributed by atoms with E-state index in [9.17, 15) is 4.79 Å². The normalized spacial score (nSPS) is 18.2. The molecule has 2 amide bonds. The van der Waals surface area contributed by atoms with E-state index in [-0.39, 0.29) is 18.9 Å². The molecule has 0 aliphatic carbocycles. The van der Waals surface area contributed by atoms with Crippen LogP contribution in [0.4, 0.5) is 4.79 Å². The summed E-state index contributed by atoms with van der Waals surface area (Å²) in [5.74, 6) is 2.24. The van der Waals surface area contributed by atoms with Gasteiger partial charge < -0.3 is 24.4 Å². The maximum absolute atomic E-state index is 12.3. The van der Waals surface area contributed by atoms with Crippen LogP contribution in [0.3, 0.4) is 0 Å². The van der Waals surface area contributed by atoms with Crippen LogP contribution in [0.5, 0.6) is 17.2 Å². The van der Waals surface area contributed by atoms with Crippen molar-refractivity contribution in [2.75, 3.05) is 19.9 Å². The molecule has 1 saturated heterocycles. The van der Waals surface area contributed by atoms with Gasteiger partial charge in [-0.15, -0.1) is 0 Å². The van der Waals surface area contributed by atoms with Crippen molar-refractivity contribution in [3.05, 3.63) is 48.3 Å². The second kappa shape index (κ2) is 6.88. The summed E-state index contributed by atoms with van der Waals surface area (Å²) >= 11 is 0. The van der Waals surface area contributed by atoms with E-state index in [0.29, 0.717) is 19.6 Å². The molecule has 1 fully saturated rings. The maximum atomic E-state index is 12.3. The molecule has 2 aliphatic heterocycles. The van der Waals surface area contributed by atoms with Crippen LogP contribution in [0.1, 0.15) is 12.0 Å². The second-order valence-corrected chi connectivity index (χ2v) is 6.00. The molecule has 1 aromatic carbocycles.